The average molecular weight is 210 g/mol. The van der Waals surface area contributed by atoms with E-state index in [9.17, 15) is 0 Å². The molecule has 1 rings (SSSR count). The van der Waals surface area contributed by atoms with Crippen molar-refractivity contribution in [2.45, 2.75) is 13.8 Å². The summed E-state index contributed by atoms with van der Waals surface area (Å²) in [5.74, 6) is 1.49. The Morgan fingerprint density at radius 1 is 1.20 bits per heavy atom. The van der Waals surface area contributed by atoms with Crippen LogP contribution in [0.25, 0.3) is 0 Å². The van der Waals surface area contributed by atoms with E-state index in [1.165, 1.54) is 0 Å². The number of aliphatic hydroxyl groups excluding tert-OH is 1. The molecule has 0 saturated heterocycles. The molecule has 15 heavy (non-hydrogen) atoms. The molecule has 1 atom stereocenters. The van der Waals surface area contributed by atoms with E-state index in [1.54, 1.807) is 24.3 Å². The van der Waals surface area contributed by atoms with Crippen molar-refractivity contribution in [1.29, 1.82) is 0 Å². The molecule has 0 saturated carbocycles. The lowest BCUT2D eigenvalue weighted by molar-refractivity contribution is 0.130. The first-order valence-electron chi connectivity index (χ1n) is 5.16. The Balaban J connectivity index is 2.45. The minimum Gasteiger partial charge on any atom is -0.508 e. The summed E-state index contributed by atoms with van der Waals surface area (Å²) in [5.41, 5.74) is 0. The Kier molecular flexibility index (Phi) is 4.43. The monoisotopic (exact) mass is 210 g/mol. The van der Waals surface area contributed by atoms with Gasteiger partial charge in [-0.1, -0.05) is 13.8 Å². The summed E-state index contributed by atoms with van der Waals surface area (Å²) >= 11 is 0. The molecule has 0 aromatic heterocycles. The number of ether oxygens (including phenoxy) is 1. The van der Waals surface area contributed by atoms with E-state index in [0.29, 0.717) is 18.3 Å². The SMILES string of the molecule is CC(C)C(CO)COc1ccc(O)cc1. The summed E-state index contributed by atoms with van der Waals surface area (Å²) in [7, 11) is 0. The minimum absolute atomic E-state index is 0.135. The number of benzene rings is 1. The van der Waals surface area contributed by atoms with E-state index in [4.69, 9.17) is 14.9 Å². The maximum absolute atomic E-state index is 9.10. The first-order valence-corrected chi connectivity index (χ1v) is 5.16. The highest BCUT2D eigenvalue weighted by molar-refractivity contribution is 5.30. The van der Waals surface area contributed by atoms with Crippen molar-refractivity contribution >= 4 is 0 Å². The normalized spacial score (nSPS) is 12.8. The predicted molar refractivity (Wildman–Crippen MR) is 59.0 cm³/mol. The van der Waals surface area contributed by atoms with E-state index in [2.05, 4.69) is 13.8 Å². The van der Waals surface area contributed by atoms with Crippen LogP contribution in [0.2, 0.25) is 0 Å². The van der Waals surface area contributed by atoms with Gasteiger partial charge in [-0.25, -0.2) is 0 Å². The van der Waals surface area contributed by atoms with Gasteiger partial charge in [0.25, 0.3) is 0 Å². The number of phenolic OH excluding ortho intramolecular Hbond substituents is 1. The lowest BCUT2D eigenvalue weighted by atomic mass is 9.98. The Morgan fingerprint density at radius 2 is 1.80 bits per heavy atom. The summed E-state index contributed by atoms with van der Waals surface area (Å²) in [6.45, 7) is 4.75. The number of rotatable bonds is 5. The highest BCUT2D eigenvalue weighted by atomic mass is 16.5. The molecule has 0 spiro atoms. The number of aliphatic hydroxyl groups is 1. The molecule has 0 bridgehead atoms. The molecule has 1 aromatic rings. The zero-order valence-electron chi connectivity index (χ0n) is 9.18. The van der Waals surface area contributed by atoms with Crippen molar-refractivity contribution in [3.05, 3.63) is 24.3 Å². The molecule has 0 fully saturated rings. The van der Waals surface area contributed by atoms with Gasteiger partial charge in [0.2, 0.25) is 0 Å². The van der Waals surface area contributed by atoms with Crippen LogP contribution in [0, 0.1) is 11.8 Å². The van der Waals surface area contributed by atoms with Crippen molar-refractivity contribution in [1.82, 2.24) is 0 Å². The van der Waals surface area contributed by atoms with E-state index in [0.717, 1.165) is 0 Å². The standard InChI is InChI=1S/C12H18O3/c1-9(2)10(7-13)8-15-12-5-3-11(14)4-6-12/h3-6,9-10,13-14H,7-8H2,1-2H3. The zero-order valence-corrected chi connectivity index (χ0v) is 9.18. The second-order valence-electron chi connectivity index (χ2n) is 3.99. The van der Waals surface area contributed by atoms with Crippen LogP contribution in [0.5, 0.6) is 11.5 Å². The third-order valence-corrected chi connectivity index (χ3v) is 2.48. The van der Waals surface area contributed by atoms with Crippen LogP contribution < -0.4 is 4.74 Å². The largest absolute Gasteiger partial charge is 0.508 e. The van der Waals surface area contributed by atoms with Gasteiger partial charge in [0.1, 0.15) is 11.5 Å². The summed E-state index contributed by atoms with van der Waals surface area (Å²) in [6, 6.07) is 6.59. The zero-order chi connectivity index (χ0) is 11.3. The number of phenols is 1. The number of hydrogen-bond donors (Lipinski definition) is 2. The molecule has 1 aromatic carbocycles. The molecule has 0 aliphatic carbocycles. The second kappa shape index (κ2) is 5.61. The lowest BCUT2D eigenvalue weighted by Gasteiger charge is -2.18. The van der Waals surface area contributed by atoms with Gasteiger partial charge in [-0.05, 0) is 30.2 Å². The molecule has 3 heteroatoms. The number of hydrogen-bond acceptors (Lipinski definition) is 3. The van der Waals surface area contributed by atoms with Crippen LogP contribution in [-0.2, 0) is 0 Å². The van der Waals surface area contributed by atoms with Gasteiger partial charge >= 0.3 is 0 Å². The van der Waals surface area contributed by atoms with E-state index in [1.807, 2.05) is 0 Å². The van der Waals surface area contributed by atoms with Gasteiger partial charge in [0, 0.05) is 12.5 Å². The molecular weight excluding hydrogens is 192 g/mol. The maximum Gasteiger partial charge on any atom is 0.119 e. The smallest absolute Gasteiger partial charge is 0.119 e. The molecule has 84 valence electrons. The fraction of sp³-hybridized carbons (Fsp3) is 0.500. The lowest BCUT2D eigenvalue weighted by Crippen LogP contribution is -2.21. The van der Waals surface area contributed by atoms with Crippen LogP contribution in [0.3, 0.4) is 0 Å². The fourth-order valence-electron chi connectivity index (χ4n) is 1.20. The summed E-state index contributed by atoms with van der Waals surface area (Å²) in [4.78, 5) is 0. The maximum atomic E-state index is 9.10. The highest BCUT2D eigenvalue weighted by Crippen LogP contribution is 2.18. The number of aromatic hydroxyl groups is 1. The second-order valence-corrected chi connectivity index (χ2v) is 3.99. The van der Waals surface area contributed by atoms with Crippen LogP contribution in [0.4, 0.5) is 0 Å². The van der Waals surface area contributed by atoms with Crippen LogP contribution in [0.1, 0.15) is 13.8 Å². The summed E-state index contributed by atoms with van der Waals surface area (Å²) < 4.78 is 5.50. The third kappa shape index (κ3) is 3.80. The van der Waals surface area contributed by atoms with Crippen molar-refractivity contribution in [3.63, 3.8) is 0 Å². The molecule has 0 amide bonds. The molecule has 0 aliphatic heterocycles. The summed E-state index contributed by atoms with van der Waals surface area (Å²) in [5, 5.41) is 18.2. The van der Waals surface area contributed by atoms with Gasteiger partial charge in [-0.15, -0.1) is 0 Å². The molecule has 0 aliphatic rings. The first kappa shape index (κ1) is 11.9. The molecule has 3 nitrogen and oxygen atoms in total. The van der Waals surface area contributed by atoms with E-state index in [-0.39, 0.29) is 18.3 Å². The van der Waals surface area contributed by atoms with Gasteiger partial charge < -0.3 is 14.9 Å². The summed E-state index contributed by atoms with van der Waals surface area (Å²) in [6.07, 6.45) is 0. The fourth-order valence-corrected chi connectivity index (χ4v) is 1.20. The first-order chi connectivity index (χ1) is 7.13. The van der Waals surface area contributed by atoms with Gasteiger partial charge in [0.05, 0.1) is 6.61 Å². The molecule has 2 N–H and O–H groups in total. The van der Waals surface area contributed by atoms with Crippen molar-refractivity contribution in [2.24, 2.45) is 11.8 Å². The minimum atomic E-state index is 0.135. The van der Waals surface area contributed by atoms with E-state index >= 15 is 0 Å². The predicted octanol–water partition coefficient (Wildman–Crippen LogP) is 2.04. The van der Waals surface area contributed by atoms with Crippen LogP contribution >= 0.6 is 0 Å². The topological polar surface area (TPSA) is 49.7 Å². The Bertz CT molecular complexity index is 279. The molecule has 0 heterocycles. The highest BCUT2D eigenvalue weighted by Gasteiger charge is 2.12. The van der Waals surface area contributed by atoms with Gasteiger partial charge in [0.15, 0.2) is 0 Å². The third-order valence-electron chi connectivity index (χ3n) is 2.48. The van der Waals surface area contributed by atoms with Crippen molar-refractivity contribution < 1.29 is 14.9 Å². The van der Waals surface area contributed by atoms with Crippen molar-refractivity contribution in [3.8, 4) is 11.5 Å². The van der Waals surface area contributed by atoms with Gasteiger partial charge in [-0.3, -0.25) is 0 Å². The van der Waals surface area contributed by atoms with E-state index < -0.39 is 0 Å². The Labute approximate surface area is 90.3 Å². The van der Waals surface area contributed by atoms with Crippen LogP contribution in [0.15, 0.2) is 24.3 Å². The Hall–Kier alpha value is -1.22. The molecule has 0 radical (unpaired) electrons. The van der Waals surface area contributed by atoms with Crippen LogP contribution in [-0.4, -0.2) is 23.4 Å². The quantitative estimate of drug-likeness (QED) is 0.781. The average Bonchev–Trinajstić information content (AvgIpc) is 2.21. The molecular formula is C12H18O3. The van der Waals surface area contributed by atoms with Gasteiger partial charge in [-0.2, -0.15) is 0 Å². The Morgan fingerprint density at radius 3 is 2.27 bits per heavy atom. The van der Waals surface area contributed by atoms with Crippen molar-refractivity contribution in [2.75, 3.05) is 13.2 Å². The molecule has 1 unspecified atom stereocenters.